The van der Waals surface area contributed by atoms with Gasteiger partial charge in [-0.2, -0.15) is 0 Å². The van der Waals surface area contributed by atoms with Crippen molar-refractivity contribution >= 4 is 17.7 Å². The number of carbonyl (C=O) groups excluding carboxylic acids is 3. The lowest BCUT2D eigenvalue weighted by molar-refractivity contribution is -0.140. The zero-order chi connectivity index (χ0) is 18.0. The standard InChI is InChI=1S/C19H23FN2O3/c1-21(12-13-6-8-14(20)9-7-13)17(23)10-11-22-18(24)15-4-2-3-5-16(15)19(22)25/h6-9,15-16H,2-5,10-12H2,1H3. The normalized spacial score (nSPS) is 22.9. The molecular weight excluding hydrogens is 323 g/mol. The number of hydrogen-bond acceptors (Lipinski definition) is 3. The molecule has 0 spiro atoms. The summed E-state index contributed by atoms with van der Waals surface area (Å²) in [5.74, 6) is -1.01. The number of imide groups is 1. The molecule has 0 radical (unpaired) electrons. The largest absolute Gasteiger partial charge is 0.341 e. The molecule has 1 aliphatic carbocycles. The minimum absolute atomic E-state index is 0.108. The fourth-order valence-corrected chi connectivity index (χ4v) is 3.80. The van der Waals surface area contributed by atoms with E-state index in [0.717, 1.165) is 31.2 Å². The maximum absolute atomic E-state index is 12.9. The van der Waals surface area contributed by atoms with Gasteiger partial charge in [0.15, 0.2) is 0 Å². The minimum Gasteiger partial charge on any atom is -0.341 e. The van der Waals surface area contributed by atoms with Gasteiger partial charge in [-0.05, 0) is 30.5 Å². The number of nitrogens with zero attached hydrogens (tertiary/aromatic N) is 2. The van der Waals surface area contributed by atoms with Crippen LogP contribution in [-0.2, 0) is 20.9 Å². The molecule has 0 aromatic heterocycles. The highest BCUT2D eigenvalue weighted by Gasteiger charge is 2.47. The first kappa shape index (κ1) is 17.6. The van der Waals surface area contributed by atoms with Gasteiger partial charge in [-0.1, -0.05) is 25.0 Å². The van der Waals surface area contributed by atoms with Crippen LogP contribution in [0.1, 0.15) is 37.7 Å². The molecule has 0 bridgehead atoms. The molecule has 1 aliphatic heterocycles. The van der Waals surface area contributed by atoms with E-state index in [1.807, 2.05) is 0 Å². The number of likely N-dealkylation sites (tertiary alicyclic amines) is 1. The summed E-state index contributed by atoms with van der Waals surface area (Å²) in [6, 6.07) is 5.99. The number of amides is 3. The molecule has 134 valence electrons. The summed E-state index contributed by atoms with van der Waals surface area (Å²) in [5.41, 5.74) is 0.830. The summed E-state index contributed by atoms with van der Waals surface area (Å²) < 4.78 is 12.9. The summed E-state index contributed by atoms with van der Waals surface area (Å²) >= 11 is 0. The van der Waals surface area contributed by atoms with E-state index in [1.54, 1.807) is 19.2 Å². The molecule has 25 heavy (non-hydrogen) atoms. The summed E-state index contributed by atoms with van der Waals surface area (Å²) in [4.78, 5) is 39.9. The predicted octanol–water partition coefficient (Wildman–Crippen LogP) is 2.35. The van der Waals surface area contributed by atoms with E-state index in [4.69, 9.17) is 0 Å². The summed E-state index contributed by atoms with van der Waals surface area (Å²) in [7, 11) is 1.67. The summed E-state index contributed by atoms with van der Waals surface area (Å²) in [6.07, 6.45) is 3.67. The van der Waals surface area contributed by atoms with Gasteiger partial charge in [-0.15, -0.1) is 0 Å². The maximum Gasteiger partial charge on any atom is 0.233 e. The lowest BCUT2D eigenvalue weighted by Crippen LogP contribution is -2.36. The Labute approximate surface area is 146 Å². The zero-order valence-electron chi connectivity index (χ0n) is 14.4. The molecule has 2 aliphatic rings. The Bertz CT molecular complexity index is 650. The quantitative estimate of drug-likeness (QED) is 0.769. The van der Waals surface area contributed by atoms with Crippen molar-refractivity contribution in [3.8, 4) is 0 Å². The number of carbonyl (C=O) groups is 3. The van der Waals surface area contributed by atoms with Gasteiger partial charge in [0.25, 0.3) is 0 Å². The van der Waals surface area contributed by atoms with E-state index >= 15 is 0 Å². The molecule has 1 aromatic carbocycles. The molecule has 1 saturated heterocycles. The molecule has 2 unspecified atom stereocenters. The molecule has 2 fully saturated rings. The lowest BCUT2D eigenvalue weighted by atomic mass is 9.81. The van der Waals surface area contributed by atoms with Crippen LogP contribution < -0.4 is 0 Å². The highest BCUT2D eigenvalue weighted by atomic mass is 19.1. The van der Waals surface area contributed by atoms with Crippen molar-refractivity contribution in [3.05, 3.63) is 35.6 Å². The monoisotopic (exact) mass is 346 g/mol. The van der Waals surface area contributed by atoms with Gasteiger partial charge in [-0.3, -0.25) is 19.3 Å². The Hall–Kier alpha value is -2.24. The van der Waals surface area contributed by atoms with E-state index in [9.17, 15) is 18.8 Å². The third kappa shape index (κ3) is 3.72. The smallest absolute Gasteiger partial charge is 0.233 e. The molecule has 1 saturated carbocycles. The second-order valence-electron chi connectivity index (χ2n) is 6.95. The first-order valence-electron chi connectivity index (χ1n) is 8.81. The van der Waals surface area contributed by atoms with E-state index < -0.39 is 0 Å². The molecule has 1 aromatic rings. The van der Waals surface area contributed by atoms with Gasteiger partial charge >= 0.3 is 0 Å². The zero-order valence-corrected chi connectivity index (χ0v) is 14.4. The van der Waals surface area contributed by atoms with Crippen molar-refractivity contribution in [2.24, 2.45) is 11.8 Å². The van der Waals surface area contributed by atoms with Gasteiger partial charge < -0.3 is 4.90 Å². The molecule has 0 N–H and O–H groups in total. The Morgan fingerprint density at radius 2 is 1.68 bits per heavy atom. The van der Waals surface area contributed by atoms with Crippen molar-refractivity contribution in [1.29, 1.82) is 0 Å². The van der Waals surface area contributed by atoms with Crippen molar-refractivity contribution in [3.63, 3.8) is 0 Å². The van der Waals surface area contributed by atoms with Crippen molar-refractivity contribution < 1.29 is 18.8 Å². The molecule has 1 heterocycles. The third-order valence-electron chi connectivity index (χ3n) is 5.24. The minimum atomic E-state index is -0.315. The Balaban J connectivity index is 1.53. The van der Waals surface area contributed by atoms with Gasteiger partial charge in [0.2, 0.25) is 17.7 Å². The Kier molecular flexibility index (Phi) is 5.16. The number of benzene rings is 1. The number of halogens is 1. The highest BCUT2D eigenvalue weighted by Crippen LogP contribution is 2.37. The average molecular weight is 346 g/mol. The second-order valence-corrected chi connectivity index (χ2v) is 6.95. The van der Waals surface area contributed by atoms with Gasteiger partial charge in [0, 0.05) is 26.6 Å². The number of rotatable bonds is 5. The highest BCUT2D eigenvalue weighted by molar-refractivity contribution is 6.05. The fraction of sp³-hybridized carbons (Fsp3) is 0.526. The van der Waals surface area contributed by atoms with Gasteiger partial charge in [0.05, 0.1) is 11.8 Å². The van der Waals surface area contributed by atoms with Crippen LogP contribution in [0.2, 0.25) is 0 Å². The fourth-order valence-electron chi connectivity index (χ4n) is 3.80. The third-order valence-corrected chi connectivity index (χ3v) is 5.24. The van der Waals surface area contributed by atoms with Crippen molar-refractivity contribution in [2.75, 3.05) is 13.6 Å². The van der Waals surface area contributed by atoms with Crippen LogP contribution in [0.3, 0.4) is 0 Å². The number of hydrogen-bond donors (Lipinski definition) is 0. The predicted molar refractivity (Wildman–Crippen MR) is 89.7 cm³/mol. The van der Waals surface area contributed by atoms with Gasteiger partial charge in [-0.25, -0.2) is 4.39 Å². The van der Waals surface area contributed by atoms with Gasteiger partial charge in [0.1, 0.15) is 5.82 Å². The van der Waals surface area contributed by atoms with Crippen LogP contribution in [-0.4, -0.2) is 41.1 Å². The maximum atomic E-state index is 12.9. The van der Waals surface area contributed by atoms with Crippen molar-refractivity contribution in [2.45, 2.75) is 38.6 Å². The SMILES string of the molecule is CN(Cc1ccc(F)cc1)C(=O)CCN1C(=O)C2CCCCC2C1=O. The molecule has 5 nitrogen and oxygen atoms in total. The molecular formula is C19H23FN2O3. The van der Waals surface area contributed by atoms with Crippen molar-refractivity contribution in [1.82, 2.24) is 9.80 Å². The molecule has 3 amide bonds. The van der Waals surface area contributed by atoms with Crippen LogP contribution in [0.15, 0.2) is 24.3 Å². The molecule has 6 heteroatoms. The Morgan fingerprint density at radius 3 is 2.24 bits per heavy atom. The van der Waals surface area contributed by atoms with E-state index in [1.165, 1.54) is 21.9 Å². The van der Waals surface area contributed by atoms with Crippen LogP contribution >= 0.6 is 0 Å². The second kappa shape index (κ2) is 7.33. The van der Waals surface area contributed by atoms with E-state index in [2.05, 4.69) is 0 Å². The number of fused-ring (bicyclic) bond motifs is 1. The van der Waals surface area contributed by atoms with E-state index in [0.29, 0.717) is 6.54 Å². The van der Waals surface area contributed by atoms with Crippen LogP contribution in [0.25, 0.3) is 0 Å². The molecule has 3 rings (SSSR count). The van der Waals surface area contributed by atoms with E-state index in [-0.39, 0.29) is 48.3 Å². The van der Waals surface area contributed by atoms with Crippen LogP contribution in [0, 0.1) is 17.7 Å². The average Bonchev–Trinajstić information content (AvgIpc) is 2.86. The van der Waals surface area contributed by atoms with Crippen LogP contribution in [0.4, 0.5) is 4.39 Å². The van der Waals surface area contributed by atoms with Crippen LogP contribution in [0.5, 0.6) is 0 Å². The first-order chi connectivity index (χ1) is 12.0. The topological polar surface area (TPSA) is 57.7 Å². The summed E-state index contributed by atoms with van der Waals surface area (Å²) in [6.45, 7) is 0.517. The molecule has 2 atom stereocenters. The first-order valence-corrected chi connectivity index (χ1v) is 8.81. The summed E-state index contributed by atoms with van der Waals surface area (Å²) in [5, 5.41) is 0. The Morgan fingerprint density at radius 1 is 1.12 bits per heavy atom. The lowest BCUT2D eigenvalue weighted by Gasteiger charge is -2.20.